The van der Waals surface area contributed by atoms with Gasteiger partial charge in [-0.05, 0) is 50.3 Å². The Kier molecular flexibility index (Phi) is 4.18. The van der Waals surface area contributed by atoms with E-state index in [0.29, 0.717) is 18.2 Å². The lowest BCUT2D eigenvalue weighted by Gasteiger charge is -2.25. The van der Waals surface area contributed by atoms with E-state index in [2.05, 4.69) is 5.32 Å². The quantitative estimate of drug-likeness (QED) is 0.833. The van der Waals surface area contributed by atoms with E-state index in [-0.39, 0.29) is 6.10 Å². The smallest absolute Gasteiger partial charge is 0.203 e. The normalized spacial score (nSPS) is 24.5. The first-order valence-corrected chi connectivity index (χ1v) is 6.15. The van der Waals surface area contributed by atoms with Gasteiger partial charge in [-0.1, -0.05) is 0 Å². The molecule has 17 heavy (non-hydrogen) atoms. The van der Waals surface area contributed by atoms with Crippen molar-refractivity contribution in [3.05, 3.63) is 23.7 Å². The van der Waals surface area contributed by atoms with Crippen LogP contribution in [0.1, 0.15) is 37.2 Å². The van der Waals surface area contributed by atoms with Gasteiger partial charge in [-0.15, -0.1) is 0 Å². The number of furan rings is 1. The first kappa shape index (κ1) is 12.2. The first-order valence-electron chi connectivity index (χ1n) is 6.15. The number of nitrogens with one attached hydrogen (secondary N) is 1. The molecule has 0 radical (unpaired) electrons. The topological polar surface area (TPSA) is 69.2 Å². The lowest BCUT2D eigenvalue weighted by Crippen LogP contribution is -2.27. The molecule has 0 atom stereocenters. The van der Waals surface area contributed by atoms with Crippen LogP contribution in [0.15, 0.2) is 16.5 Å². The molecule has 2 rings (SSSR count). The molecule has 4 nitrogen and oxygen atoms in total. The van der Waals surface area contributed by atoms with Crippen LogP contribution in [0.4, 0.5) is 0 Å². The number of hydrogen-bond donors (Lipinski definition) is 2. The number of nitriles is 1. The summed E-state index contributed by atoms with van der Waals surface area (Å²) in [6, 6.07) is 5.49. The highest BCUT2D eigenvalue weighted by molar-refractivity contribution is 5.18. The van der Waals surface area contributed by atoms with Crippen molar-refractivity contribution in [1.82, 2.24) is 5.32 Å². The summed E-state index contributed by atoms with van der Waals surface area (Å²) in [6.07, 6.45) is 3.94. The molecular formula is C13H18N2O2. The van der Waals surface area contributed by atoms with Gasteiger partial charge in [-0.25, -0.2) is 0 Å². The van der Waals surface area contributed by atoms with Gasteiger partial charge in [-0.3, -0.25) is 0 Å². The van der Waals surface area contributed by atoms with Gasteiger partial charge in [0.05, 0.1) is 12.6 Å². The third-order valence-corrected chi connectivity index (χ3v) is 3.32. The Labute approximate surface area is 101 Å². The van der Waals surface area contributed by atoms with Crippen LogP contribution in [0.3, 0.4) is 0 Å². The predicted molar refractivity (Wildman–Crippen MR) is 63.1 cm³/mol. The lowest BCUT2D eigenvalue weighted by atomic mass is 9.87. The van der Waals surface area contributed by atoms with Crippen molar-refractivity contribution in [2.45, 2.75) is 38.3 Å². The van der Waals surface area contributed by atoms with Crippen LogP contribution < -0.4 is 5.32 Å². The summed E-state index contributed by atoms with van der Waals surface area (Å²) in [5.74, 6) is 1.82. The molecule has 0 aliphatic heterocycles. The maximum absolute atomic E-state index is 9.39. The summed E-state index contributed by atoms with van der Waals surface area (Å²) < 4.78 is 5.28. The number of aliphatic hydroxyl groups is 1. The molecule has 0 bridgehead atoms. The Morgan fingerprint density at radius 2 is 2.12 bits per heavy atom. The van der Waals surface area contributed by atoms with E-state index in [1.54, 1.807) is 6.07 Å². The first-order chi connectivity index (χ1) is 8.28. The van der Waals surface area contributed by atoms with Gasteiger partial charge in [0.15, 0.2) is 0 Å². The van der Waals surface area contributed by atoms with Gasteiger partial charge in [0, 0.05) is 0 Å². The van der Waals surface area contributed by atoms with Crippen LogP contribution in [0, 0.1) is 17.2 Å². The molecule has 1 heterocycles. The fourth-order valence-corrected chi connectivity index (χ4v) is 2.28. The second-order valence-corrected chi connectivity index (χ2v) is 4.68. The highest BCUT2D eigenvalue weighted by Crippen LogP contribution is 2.23. The molecular weight excluding hydrogens is 216 g/mol. The molecule has 0 unspecified atom stereocenters. The molecule has 0 spiro atoms. The Morgan fingerprint density at radius 3 is 2.76 bits per heavy atom. The number of aliphatic hydroxyl groups excluding tert-OH is 1. The summed E-state index contributed by atoms with van der Waals surface area (Å²) in [5.41, 5.74) is 0. The van der Waals surface area contributed by atoms with Gasteiger partial charge in [0.1, 0.15) is 11.8 Å². The van der Waals surface area contributed by atoms with Crippen LogP contribution in [0.2, 0.25) is 0 Å². The van der Waals surface area contributed by atoms with Gasteiger partial charge in [-0.2, -0.15) is 5.26 Å². The fourth-order valence-electron chi connectivity index (χ4n) is 2.28. The highest BCUT2D eigenvalue weighted by Gasteiger charge is 2.18. The van der Waals surface area contributed by atoms with Crippen LogP contribution in [-0.4, -0.2) is 17.8 Å². The summed E-state index contributed by atoms with van der Waals surface area (Å²) in [7, 11) is 0. The molecule has 1 aliphatic carbocycles. The monoisotopic (exact) mass is 234 g/mol. The molecule has 4 heteroatoms. The van der Waals surface area contributed by atoms with Crippen molar-refractivity contribution in [3.8, 4) is 6.07 Å². The van der Waals surface area contributed by atoms with Gasteiger partial charge in [0.2, 0.25) is 5.76 Å². The number of nitrogens with zero attached hydrogens (tertiary/aromatic N) is 1. The summed E-state index contributed by atoms with van der Waals surface area (Å²) >= 11 is 0. The van der Waals surface area contributed by atoms with E-state index < -0.39 is 0 Å². The zero-order valence-electron chi connectivity index (χ0n) is 9.85. The second kappa shape index (κ2) is 5.85. The van der Waals surface area contributed by atoms with Crippen LogP contribution in [-0.2, 0) is 6.54 Å². The molecule has 0 saturated heterocycles. The van der Waals surface area contributed by atoms with Gasteiger partial charge >= 0.3 is 0 Å². The summed E-state index contributed by atoms with van der Waals surface area (Å²) in [4.78, 5) is 0. The summed E-state index contributed by atoms with van der Waals surface area (Å²) in [6.45, 7) is 1.62. The highest BCUT2D eigenvalue weighted by atomic mass is 16.3. The van der Waals surface area contributed by atoms with Crippen molar-refractivity contribution in [2.75, 3.05) is 6.54 Å². The summed E-state index contributed by atoms with van der Waals surface area (Å²) in [5, 5.41) is 21.4. The molecule has 1 saturated carbocycles. The molecule has 1 aromatic heterocycles. The Morgan fingerprint density at radius 1 is 1.35 bits per heavy atom. The van der Waals surface area contributed by atoms with Crippen molar-refractivity contribution in [3.63, 3.8) is 0 Å². The van der Waals surface area contributed by atoms with Gasteiger partial charge < -0.3 is 14.8 Å². The van der Waals surface area contributed by atoms with Crippen molar-refractivity contribution in [1.29, 1.82) is 5.26 Å². The molecule has 2 N–H and O–H groups in total. The van der Waals surface area contributed by atoms with Crippen LogP contribution in [0.5, 0.6) is 0 Å². The molecule has 1 aliphatic rings. The Balaban J connectivity index is 1.67. The third-order valence-electron chi connectivity index (χ3n) is 3.32. The molecule has 0 amide bonds. The van der Waals surface area contributed by atoms with E-state index in [0.717, 1.165) is 38.0 Å². The predicted octanol–water partition coefficient (Wildman–Crippen LogP) is 1.79. The van der Waals surface area contributed by atoms with E-state index in [4.69, 9.17) is 9.68 Å². The van der Waals surface area contributed by atoms with E-state index >= 15 is 0 Å². The molecule has 1 fully saturated rings. The minimum atomic E-state index is -0.0884. The average molecular weight is 234 g/mol. The molecule has 0 aromatic carbocycles. The largest absolute Gasteiger partial charge is 0.449 e. The lowest BCUT2D eigenvalue weighted by molar-refractivity contribution is 0.108. The number of rotatable bonds is 4. The van der Waals surface area contributed by atoms with Crippen molar-refractivity contribution >= 4 is 0 Å². The Bertz CT molecular complexity index is 386. The van der Waals surface area contributed by atoms with E-state index in [9.17, 15) is 5.11 Å². The molecule has 92 valence electrons. The van der Waals surface area contributed by atoms with Gasteiger partial charge in [0.25, 0.3) is 0 Å². The zero-order chi connectivity index (χ0) is 12.1. The third kappa shape index (κ3) is 3.58. The Hall–Kier alpha value is -1.31. The zero-order valence-corrected chi connectivity index (χ0v) is 9.85. The maximum Gasteiger partial charge on any atom is 0.203 e. The van der Waals surface area contributed by atoms with E-state index in [1.165, 1.54) is 0 Å². The minimum Gasteiger partial charge on any atom is -0.449 e. The van der Waals surface area contributed by atoms with Crippen LogP contribution >= 0.6 is 0 Å². The average Bonchev–Trinajstić information content (AvgIpc) is 2.80. The molecule has 1 aromatic rings. The fraction of sp³-hybridized carbons (Fsp3) is 0.615. The number of hydrogen-bond acceptors (Lipinski definition) is 4. The van der Waals surface area contributed by atoms with Crippen LogP contribution in [0.25, 0.3) is 0 Å². The van der Waals surface area contributed by atoms with Crippen molar-refractivity contribution < 1.29 is 9.52 Å². The van der Waals surface area contributed by atoms with Crippen molar-refractivity contribution in [2.24, 2.45) is 5.92 Å². The van der Waals surface area contributed by atoms with E-state index in [1.807, 2.05) is 12.1 Å². The standard InChI is InChI=1S/C13H18N2O2/c14-7-12-5-6-13(17-12)9-15-8-10-1-3-11(16)4-2-10/h5-6,10-11,15-16H,1-4,8-9H2. The minimum absolute atomic E-state index is 0.0884. The SMILES string of the molecule is N#Cc1ccc(CNCC2CCC(O)CC2)o1. The second-order valence-electron chi connectivity index (χ2n) is 4.68. The maximum atomic E-state index is 9.39.